The zero-order chi connectivity index (χ0) is 13.5. The van der Waals surface area contributed by atoms with Gasteiger partial charge in [-0.15, -0.1) is 0 Å². The Bertz CT molecular complexity index is 355. The Hall–Kier alpha value is -0.740. The predicted molar refractivity (Wildman–Crippen MR) is 82.5 cm³/mol. The number of nitrogens with one attached hydrogen (secondary N) is 1. The van der Waals surface area contributed by atoms with E-state index in [1.807, 2.05) is 24.2 Å². The molecule has 1 aromatic rings. The van der Waals surface area contributed by atoms with Crippen LogP contribution in [0.25, 0.3) is 0 Å². The van der Waals surface area contributed by atoms with Gasteiger partial charge < -0.3 is 10.2 Å². The molecule has 0 spiro atoms. The van der Waals surface area contributed by atoms with Gasteiger partial charge in [0.2, 0.25) is 0 Å². The van der Waals surface area contributed by atoms with Crippen LogP contribution in [0.15, 0.2) is 18.5 Å². The molecule has 0 amide bonds. The minimum atomic E-state index is 0.500. The predicted octanol–water partition coefficient (Wildman–Crippen LogP) is 2.77. The van der Waals surface area contributed by atoms with E-state index in [0.717, 1.165) is 12.3 Å². The Morgan fingerprint density at radius 1 is 1.39 bits per heavy atom. The van der Waals surface area contributed by atoms with Gasteiger partial charge >= 0.3 is 0 Å². The van der Waals surface area contributed by atoms with E-state index in [1.165, 1.54) is 11.3 Å². The zero-order valence-corrected chi connectivity index (χ0v) is 12.9. The molecule has 0 saturated heterocycles. The van der Waals surface area contributed by atoms with Crippen LogP contribution < -0.4 is 10.2 Å². The summed E-state index contributed by atoms with van der Waals surface area (Å²) < 4.78 is 0. The molecule has 1 rings (SSSR count). The van der Waals surface area contributed by atoms with E-state index >= 15 is 0 Å². The molecule has 18 heavy (non-hydrogen) atoms. The van der Waals surface area contributed by atoms with Crippen molar-refractivity contribution in [1.82, 2.24) is 10.3 Å². The Balaban J connectivity index is 2.80. The summed E-state index contributed by atoms with van der Waals surface area (Å²) in [4.78, 5) is 6.58. The summed E-state index contributed by atoms with van der Waals surface area (Å²) in [6.07, 6.45) is 5.98. The molecule has 1 N–H and O–H groups in total. The smallest absolute Gasteiger partial charge is 0.0598 e. The summed E-state index contributed by atoms with van der Waals surface area (Å²) >= 11 is 1.88. The molecule has 0 aliphatic carbocycles. The van der Waals surface area contributed by atoms with E-state index in [-0.39, 0.29) is 0 Å². The molecule has 0 bridgehead atoms. The van der Waals surface area contributed by atoms with Crippen LogP contribution in [-0.2, 0) is 6.54 Å². The summed E-state index contributed by atoms with van der Waals surface area (Å²) in [6.45, 7) is 7.48. The number of anilines is 1. The number of thioether (sulfide) groups is 1. The van der Waals surface area contributed by atoms with Crippen molar-refractivity contribution in [2.45, 2.75) is 39.4 Å². The van der Waals surface area contributed by atoms with Crippen LogP contribution >= 0.6 is 11.8 Å². The highest BCUT2D eigenvalue weighted by Crippen LogP contribution is 2.21. The first-order valence-corrected chi connectivity index (χ1v) is 7.83. The number of hydrogen-bond donors (Lipinski definition) is 1. The fourth-order valence-electron chi connectivity index (χ4n) is 1.79. The first-order valence-electron chi connectivity index (χ1n) is 6.44. The molecule has 1 unspecified atom stereocenters. The Kier molecular flexibility index (Phi) is 6.50. The maximum Gasteiger partial charge on any atom is 0.0598 e. The lowest BCUT2D eigenvalue weighted by molar-refractivity contribution is 0.587. The minimum absolute atomic E-state index is 0.500. The summed E-state index contributed by atoms with van der Waals surface area (Å²) in [5.41, 5.74) is 2.54. The molecule has 4 heteroatoms. The largest absolute Gasteiger partial charge is 0.370 e. The standard InChI is InChI=1S/C14H25N3S/c1-11(2)16-8-13-6-7-15-9-14(13)17(4)12(3)10-18-5/h6-7,9,11-12,16H,8,10H2,1-5H3. The summed E-state index contributed by atoms with van der Waals surface area (Å²) in [5, 5.41) is 3.47. The quantitative estimate of drug-likeness (QED) is 0.822. The molecule has 0 aliphatic rings. The molecule has 0 saturated carbocycles. The highest BCUT2D eigenvalue weighted by atomic mass is 32.2. The van der Waals surface area contributed by atoms with Crippen LogP contribution in [0.5, 0.6) is 0 Å². The first-order chi connectivity index (χ1) is 8.56. The third kappa shape index (κ3) is 4.50. The summed E-state index contributed by atoms with van der Waals surface area (Å²) in [7, 11) is 2.15. The molecule has 0 aliphatic heterocycles. The number of nitrogens with zero attached hydrogens (tertiary/aromatic N) is 2. The molecule has 0 radical (unpaired) electrons. The number of rotatable bonds is 7. The van der Waals surface area contributed by atoms with Gasteiger partial charge in [-0.1, -0.05) is 13.8 Å². The molecule has 102 valence electrons. The van der Waals surface area contributed by atoms with E-state index < -0.39 is 0 Å². The van der Waals surface area contributed by atoms with E-state index in [9.17, 15) is 0 Å². The second kappa shape index (κ2) is 7.64. The van der Waals surface area contributed by atoms with Gasteiger partial charge in [-0.05, 0) is 24.8 Å². The molecule has 0 fully saturated rings. The topological polar surface area (TPSA) is 28.2 Å². The van der Waals surface area contributed by atoms with Crippen LogP contribution in [0.4, 0.5) is 5.69 Å². The van der Waals surface area contributed by atoms with Gasteiger partial charge in [0.05, 0.1) is 11.9 Å². The fourth-order valence-corrected chi connectivity index (χ4v) is 2.49. The van der Waals surface area contributed by atoms with Crippen LogP contribution in [0.3, 0.4) is 0 Å². The molecule has 1 atom stereocenters. The maximum absolute atomic E-state index is 4.26. The van der Waals surface area contributed by atoms with Gasteiger partial charge in [-0.2, -0.15) is 11.8 Å². The summed E-state index contributed by atoms with van der Waals surface area (Å²) in [6, 6.07) is 3.12. The number of pyridine rings is 1. The molecular weight excluding hydrogens is 242 g/mol. The van der Waals surface area contributed by atoms with Gasteiger partial charge in [0.1, 0.15) is 0 Å². The van der Waals surface area contributed by atoms with Crippen molar-refractivity contribution in [1.29, 1.82) is 0 Å². The Morgan fingerprint density at radius 2 is 2.11 bits per heavy atom. The lowest BCUT2D eigenvalue weighted by atomic mass is 10.2. The molecule has 0 aromatic carbocycles. The van der Waals surface area contributed by atoms with E-state index in [4.69, 9.17) is 0 Å². The lowest BCUT2D eigenvalue weighted by Crippen LogP contribution is -2.32. The van der Waals surface area contributed by atoms with Gasteiger partial charge in [0.25, 0.3) is 0 Å². The zero-order valence-electron chi connectivity index (χ0n) is 12.1. The van der Waals surface area contributed by atoms with Crippen molar-refractivity contribution in [3.63, 3.8) is 0 Å². The Morgan fingerprint density at radius 3 is 2.72 bits per heavy atom. The second-order valence-corrected chi connectivity index (χ2v) is 5.87. The van der Waals surface area contributed by atoms with Gasteiger partial charge in [0.15, 0.2) is 0 Å². The van der Waals surface area contributed by atoms with Gasteiger partial charge in [-0.3, -0.25) is 4.98 Å². The summed E-state index contributed by atoms with van der Waals surface area (Å²) in [5.74, 6) is 1.13. The average molecular weight is 267 g/mol. The average Bonchev–Trinajstić information content (AvgIpc) is 2.36. The maximum atomic E-state index is 4.26. The highest BCUT2D eigenvalue weighted by molar-refractivity contribution is 7.98. The van der Waals surface area contributed by atoms with Gasteiger partial charge in [-0.25, -0.2) is 0 Å². The lowest BCUT2D eigenvalue weighted by Gasteiger charge is -2.28. The second-order valence-electron chi connectivity index (χ2n) is 4.96. The van der Waals surface area contributed by atoms with E-state index in [1.54, 1.807) is 0 Å². The van der Waals surface area contributed by atoms with Crippen LogP contribution in [-0.4, -0.2) is 36.1 Å². The molecule has 3 nitrogen and oxygen atoms in total. The van der Waals surface area contributed by atoms with E-state index in [2.05, 4.69) is 55.3 Å². The highest BCUT2D eigenvalue weighted by Gasteiger charge is 2.13. The number of hydrogen-bond acceptors (Lipinski definition) is 4. The van der Waals surface area contributed by atoms with Crippen molar-refractivity contribution in [3.05, 3.63) is 24.0 Å². The van der Waals surface area contributed by atoms with Gasteiger partial charge in [0, 0.05) is 37.6 Å². The molecular formula is C14H25N3S. The van der Waals surface area contributed by atoms with Crippen LogP contribution in [0.2, 0.25) is 0 Å². The van der Waals surface area contributed by atoms with Crippen molar-refractivity contribution < 1.29 is 0 Å². The fraction of sp³-hybridized carbons (Fsp3) is 0.643. The van der Waals surface area contributed by atoms with Crippen LogP contribution in [0.1, 0.15) is 26.3 Å². The van der Waals surface area contributed by atoms with Crippen molar-refractivity contribution >= 4 is 17.4 Å². The van der Waals surface area contributed by atoms with E-state index in [0.29, 0.717) is 12.1 Å². The molecule has 1 heterocycles. The monoisotopic (exact) mass is 267 g/mol. The number of aromatic nitrogens is 1. The normalized spacial score (nSPS) is 12.8. The minimum Gasteiger partial charge on any atom is -0.370 e. The van der Waals surface area contributed by atoms with Crippen molar-refractivity contribution in [2.24, 2.45) is 0 Å². The van der Waals surface area contributed by atoms with Crippen LogP contribution in [0, 0.1) is 0 Å². The van der Waals surface area contributed by atoms with Crippen molar-refractivity contribution in [2.75, 3.05) is 24.0 Å². The third-order valence-electron chi connectivity index (χ3n) is 3.04. The SMILES string of the molecule is CSCC(C)N(C)c1cnccc1CNC(C)C. The Labute approximate surface area is 115 Å². The third-order valence-corrected chi connectivity index (χ3v) is 3.85. The van der Waals surface area contributed by atoms with Crippen molar-refractivity contribution in [3.8, 4) is 0 Å². The molecule has 1 aromatic heterocycles. The first kappa shape index (κ1) is 15.3.